The van der Waals surface area contributed by atoms with Gasteiger partial charge in [-0.2, -0.15) is 0 Å². The summed E-state index contributed by atoms with van der Waals surface area (Å²) in [5.41, 5.74) is 2.91. The van der Waals surface area contributed by atoms with E-state index in [1.165, 1.54) is 7.11 Å². The van der Waals surface area contributed by atoms with Crippen LogP contribution < -0.4 is 10.6 Å². The second kappa shape index (κ2) is 12.0. The molecule has 0 bridgehead atoms. The lowest BCUT2D eigenvalue weighted by Crippen LogP contribution is -2.59. The van der Waals surface area contributed by atoms with E-state index in [0.29, 0.717) is 0 Å². The van der Waals surface area contributed by atoms with Crippen LogP contribution in [0.15, 0.2) is 91.3 Å². The number of alkyl carbamates (subject to hydrolysis) is 1. The van der Waals surface area contributed by atoms with Crippen molar-refractivity contribution in [1.82, 2.24) is 20.6 Å². The Labute approximate surface area is 237 Å². The van der Waals surface area contributed by atoms with Crippen LogP contribution in [0.5, 0.6) is 0 Å². The maximum absolute atomic E-state index is 13.8. The minimum atomic E-state index is -1.41. The average Bonchev–Trinajstić information content (AvgIpc) is 3.59. The van der Waals surface area contributed by atoms with Crippen LogP contribution in [0.2, 0.25) is 0 Å². The first kappa shape index (κ1) is 27.5. The van der Waals surface area contributed by atoms with Crippen LogP contribution in [-0.4, -0.2) is 46.6 Å². The minimum absolute atomic E-state index is 0.0501. The highest BCUT2D eigenvalue weighted by Gasteiger charge is 2.39. The van der Waals surface area contributed by atoms with Gasteiger partial charge in [0.1, 0.15) is 18.2 Å². The summed E-state index contributed by atoms with van der Waals surface area (Å²) < 4.78 is 10.5. The van der Waals surface area contributed by atoms with E-state index in [1.54, 1.807) is 6.92 Å². The van der Waals surface area contributed by atoms with Crippen LogP contribution in [0.25, 0.3) is 21.8 Å². The van der Waals surface area contributed by atoms with E-state index < -0.39 is 29.6 Å². The van der Waals surface area contributed by atoms with Gasteiger partial charge in [-0.3, -0.25) is 4.79 Å². The van der Waals surface area contributed by atoms with Crippen LogP contribution >= 0.6 is 0 Å². The summed E-state index contributed by atoms with van der Waals surface area (Å²) in [7, 11) is 1.28. The van der Waals surface area contributed by atoms with Crippen molar-refractivity contribution in [3.63, 3.8) is 0 Å². The quantitative estimate of drug-likeness (QED) is 0.186. The number of rotatable bonds is 10. The van der Waals surface area contributed by atoms with Crippen molar-refractivity contribution in [2.45, 2.75) is 38.0 Å². The van der Waals surface area contributed by atoms with Crippen molar-refractivity contribution in [3.8, 4) is 0 Å². The van der Waals surface area contributed by atoms with Crippen LogP contribution in [-0.2, 0) is 38.5 Å². The zero-order valence-electron chi connectivity index (χ0n) is 22.9. The molecule has 0 aliphatic rings. The lowest BCUT2D eigenvalue weighted by molar-refractivity contribution is -0.150. The van der Waals surface area contributed by atoms with E-state index >= 15 is 0 Å². The molecule has 4 N–H and O–H groups in total. The third kappa shape index (κ3) is 6.24. The van der Waals surface area contributed by atoms with Crippen LogP contribution in [0.1, 0.15) is 23.6 Å². The smallest absolute Gasteiger partial charge is 0.408 e. The van der Waals surface area contributed by atoms with Gasteiger partial charge in [0.2, 0.25) is 5.91 Å². The number of H-pyrrole nitrogens is 2. The predicted octanol–water partition coefficient (Wildman–Crippen LogP) is 4.78. The first-order valence-electron chi connectivity index (χ1n) is 13.3. The van der Waals surface area contributed by atoms with E-state index in [2.05, 4.69) is 20.6 Å². The molecular weight excluding hydrogens is 520 g/mol. The summed E-state index contributed by atoms with van der Waals surface area (Å²) >= 11 is 0. The topological polar surface area (TPSA) is 125 Å². The number of hydrogen-bond donors (Lipinski definition) is 4. The molecule has 41 heavy (non-hydrogen) atoms. The average molecular weight is 553 g/mol. The van der Waals surface area contributed by atoms with E-state index in [0.717, 1.165) is 38.5 Å². The molecule has 5 aromatic rings. The van der Waals surface area contributed by atoms with Crippen molar-refractivity contribution >= 4 is 39.8 Å². The molecule has 9 heteroatoms. The fourth-order valence-corrected chi connectivity index (χ4v) is 5.05. The Morgan fingerprint density at radius 1 is 0.829 bits per heavy atom. The molecule has 0 spiro atoms. The summed E-state index contributed by atoms with van der Waals surface area (Å²) in [6.07, 6.45) is 3.23. The molecule has 9 nitrogen and oxygen atoms in total. The minimum Gasteiger partial charge on any atom is -0.467 e. The molecule has 0 radical (unpaired) electrons. The number of ether oxygens (including phenoxy) is 2. The first-order chi connectivity index (χ1) is 19.9. The summed E-state index contributed by atoms with van der Waals surface area (Å²) in [5.74, 6) is -1.15. The number of fused-ring (bicyclic) bond motifs is 2. The SMILES string of the molecule is COC(=O)[C@](C)(Cc1c[nH]c2ccccc12)NC(=O)[C@H](Cc1c[nH]c2ccccc12)NC(=O)OCc1ccccc1. The third-order valence-corrected chi connectivity index (χ3v) is 7.17. The van der Waals surface area contributed by atoms with Crippen molar-refractivity contribution < 1.29 is 23.9 Å². The number of amides is 2. The highest BCUT2D eigenvalue weighted by Crippen LogP contribution is 2.24. The van der Waals surface area contributed by atoms with Gasteiger partial charge in [0.25, 0.3) is 0 Å². The Morgan fingerprint density at radius 3 is 2.07 bits per heavy atom. The molecule has 0 saturated carbocycles. The lowest BCUT2D eigenvalue weighted by atomic mass is 9.91. The Balaban J connectivity index is 1.39. The predicted molar refractivity (Wildman–Crippen MR) is 156 cm³/mol. The molecule has 5 rings (SSSR count). The van der Waals surface area contributed by atoms with Gasteiger partial charge in [-0.1, -0.05) is 66.7 Å². The van der Waals surface area contributed by atoms with Crippen molar-refractivity contribution in [3.05, 3.63) is 108 Å². The Bertz CT molecular complexity index is 1680. The number of aromatic amines is 2. The number of nitrogens with one attached hydrogen (secondary N) is 4. The fraction of sp³-hybridized carbons (Fsp3) is 0.219. The normalized spacial score (nSPS) is 13.3. The van der Waals surface area contributed by atoms with Crippen LogP contribution in [0, 0.1) is 0 Å². The molecule has 2 aromatic heterocycles. The Hall–Kier alpha value is -5.05. The monoisotopic (exact) mass is 552 g/mol. The molecule has 0 saturated heterocycles. The standard InChI is InChI=1S/C32H32N4O5/c1-32(30(38)40-2,17-23-19-34-27-15-9-7-13-25(23)27)36-29(37)28(16-22-18-33-26-14-8-6-12-24(22)26)35-31(39)41-20-21-10-4-3-5-11-21/h3-15,18-19,28,33-34H,16-17,20H2,1-2H3,(H,35,39)(H,36,37)/t28-,32-/m0/s1. The molecule has 3 aromatic carbocycles. The van der Waals surface area contributed by atoms with E-state index in [4.69, 9.17) is 9.47 Å². The summed E-state index contributed by atoms with van der Waals surface area (Å²) in [4.78, 5) is 46.2. The lowest BCUT2D eigenvalue weighted by Gasteiger charge is -2.30. The molecule has 0 aliphatic carbocycles. The van der Waals surface area contributed by atoms with E-state index in [9.17, 15) is 14.4 Å². The highest BCUT2D eigenvalue weighted by molar-refractivity contribution is 5.93. The van der Waals surface area contributed by atoms with Gasteiger partial charge >= 0.3 is 12.1 Å². The van der Waals surface area contributed by atoms with Crippen LogP contribution in [0.3, 0.4) is 0 Å². The zero-order valence-corrected chi connectivity index (χ0v) is 22.9. The van der Waals surface area contributed by atoms with Gasteiger partial charge in [0.15, 0.2) is 0 Å². The fourth-order valence-electron chi connectivity index (χ4n) is 5.05. The number of carbonyl (C=O) groups excluding carboxylic acids is 3. The maximum atomic E-state index is 13.8. The zero-order chi connectivity index (χ0) is 28.8. The number of methoxy groups -OCH3 is 1. The van der Waals surface area contributed by atoms with Gasteiger partial charge in [0, 0.05) is 47.0 Å². The summed E-state index contributed by atoms with van der Waals surface area (Å²) in [6, 6.07) is 23.7. The number of aromatic nitrogens is 2. The molecule has 2 heterocycles. The molecule has 0 unspecified atom stereocenters. The second-order valence-corrected chi connectivity index (χ2v) is 10.2. The number of carbonyl (C=O) groups is 3. The maximum Gasteiger partial charge on any atom is 0.408 e. The van der Waals surface area contributed by atoms with Gasteiger partial charge in [-0.05, 0) is 35.7 Å². The molecule has 2 atom stereocenters. The van der Waals surface area contributed by atoms with E-state index in [-0.39, 0.29) is 19.4 Å². The summed E-state index contributed by atoms with van der Waals surface area (Å²) in [5, 5.41) is 7.46. The van der Waals surface area contributed by atoms with Crippen molar-refractivity contribution in [2.24, 2.45) is 0 Å². The van der Waals surface area contributed by atoms with Gasteiger partial charge in [0.05, 0.1) is 7.11 Å². The molecule has 210 valence electrons. The molecule has 0 aliphatic heterocycles. The number of benzene rings is 3. The summed E-state index contributed by atoms with van der Waals surface area (Å²) in [6.45, 7) is 1.67. The third-order valence-electron chi connectivity index (χ3n) is 7.17. The molecule has 2 amide bonds. The Morgan fingerprint density at radius 2 is 1.41 bits per heavy atom. The van der Waals surface area contributed by atoms with Gasteiger partial charge in [-0.15, -0.1) is 0 Å². The highest BCUT2D eigenvalue weighted by atomic mass is 16.5. The Kier molecular flexibility index (Phi) is 8.05. The van der Waals surface area contributed by atoms with E-state index in [1.807, 2.05) is 91.3 Å². The van der Waals surface area contributed by atoms with Crippen molar-refractivity contribution in [2.75, 3.05) is 7.11 Å². The van der Waals surface area contributed by atoms with Gasteiger partial charge < -0.3 is 30.1 Å². The van der Waals surface area contributed by atoms with Gasteiger partial charge in [-0.25, -0.2) is 9.59 Å². The number of para-hydroxylation sites is 2. The second-order valence-electron chi connectivity index (χ2n) is 10.2. The first-order valence-corrected chi connectivity index (χ1v) is 13.3. The van der Waals surface area contributed by atoms with Crippen LogP contribution in [0.4, 0.5) is 4.79 Å². The molecular formula is C32H32N4O5. The molecule has 0 fully saturated rings. The van der Waals surface area contributed by atoms with Crippen molar-refractivity contribution in [1.29, 1.82) is 0 Å². The number of hydrogen-bond acceptors (Lipinski definition) is 5. The largest absolute Gasteiger partial charge is 0.467 e. The number of esters is 1.